The van der Waals surface area contributed by atoms with Crippen LogP contribution in [0.1, 0.15) is 19.8 Å². The molecule has 0 spiro atoms. The first kappa shape index (κ1) is 8.02. The second-order valence-corrected chi connectivity index (χ2v) is 3.18. The summed E-state index contributed by atoms with van der Waals surface area (Å²) in [6.07, 6.45) is 2.51. The summed E-state index contributed by atoms with van der Waals surface area (Å²) in [5.41, 5.74) is 5.40. The quantitative estimate of drug-likeness (QED) is 0.625. The Labute approximate surface area is 63.4 Å². The van der Waals surface area contributed by atoms with Crippen molar-refractivity contribution >= 4 is 0 Å². The van der Waals surface area contributed by atoms with Crippen molar-refractivity contribution in [1.82, 2.24) is 4.90 Å². The van der Waals surface area contributed by atoms with Gasteiger partial charge in [-0.15, -0.1) is 0 Å². The second kappa shape index (κ2) is 3.94. The molecule has 2 nitrogen and oxygen atoms in total. The third-order valence-corrected chi connectivity index (χ3v) is 2.29. The standard InChI is InChI=1S/C8H18N2/c1-2-8-6-10(7-8)5-3-4-9/h8H,2-7,9H2,1H3. The van der Waals surface area contributed by atoms with Gasteiger partial charge < -0.3 is 10.6 Å². The molecule has 1 heterocycles. The van der Waals surface area contributed by atoms with Crippen LogP contribution in [0, 0.1) is 5.92 Å². The molecule has 1 aliphatic rings. The lowest BCUT2D eigenvalue weighted by molar-refractivity contribution is 0.0974. The number of hydrogen-bond donors (Lipinski definition) is 1. The van der Waals surface area contributed by atoms with Gasteiger partial charge in [-0.1, -0.05) is 13.3 Å². The molecule has 0 bridgehead atoms. The van der Waals surface area contributed by atoms with Crippen molar-refractivity contribution in [3.63, 3.8) is 0 Å². The zero-order valence-electron chi connectivity index (χ0n) is 6.84. The van der Waals surface area contributed by atoms with Crippen LogP contribution in [0.4, 0.5) is 0 Å². The highest BCUT2D eigenvalue weighted by molar-refractivity contribution is 4.77. The third-order valence-electron chi connectivity index (χ3n) is 2.29. The Balaban J connectivity index is 1.93. The Morgan fingerprint density at radius 3 is 2.70 bits per heavy atom. The molecule has 0 unspecified atom stereocenters. The molecule has 2 heteroatoms. The molecular formula is C8H18N2. The predicted molar refractivity (Wildman–Crippen MR) is 43.9 cm³/mol. The topological polar surface area (TPSA) is 29.3 Å². The predicted octanol–water partition coefficient (Wildman–Crippen LogP) is 0.677. The molecule has 1 fully saturated rings. The molecule has 10 heavy (non-hydrogen) atoms. The van der Waals surface area contributed by atoms with Gasteiger partial charge in [0.15, 0.2) is 0 Å². The van der Waals surface area contributed by atoms with Gasteiger partial charge in [0.1, 0.15) is 0 Å². The van der Waals surface area contributed by atoms with Crippen molar-refractivity contribution in [2.75, 3.05) is 26.2 Å². The summed E-state index contributed by atoms with van der Waals surface area (Å²) >= 11 is 0. The van der Waals surface area contributed by atoms with Crippen LogP contribution in [0.15, 0.2) is 0 Å². The number of hydrogen-bond acceptors (Lipinski definition) is 2. The maximum Gasteiger partial charge on any atom is 0.00219 e. The minimum absolute atomic E-state index is 0.841. The van der Waals surface area contributed by atoms with Crippen molar-refractivity contribution in [2.24, 2.45) is 11.7 Å². The van der Waals surface area contributed by atoms with E-state index in [9.17, 15) is 0 Å². The van der Waals surface area contributed by atoms with Crippen molar-refractivity contribution in [3.05, 3.63) is 0 Å². The molecule has 2 N–H and O–H groups in total. The first-order valence-electron chi connectivity index (χ1n) is 4.29. The van der Waals surface area contributed by atoms with Crippen LogP contribution < -0.4 is 5.73 Å². The monoisotopic (exact) mass is 142 g/mol. The third kappa shape index (κ3) is 1.96. The molecule has 1 rings (SSSR count). The fraction of sp³-hybridized carbons (Fsp3) is 1.00. The summed E-state index contributed by atoms with van der Waals surface area (Å²) in [5, 5.41) is 0. The van der Waals surface area contributed by atoms with E-state index in [1.54, 1.807) is 0 Å². The molecule has 0 aliphatic carbocycles. The van der Waals surface area contributed by atoms with Gasteiger partial charge in [0.2, 0.25) is 0 Å². The van der Waals surface area contributed by atoms with Gasteiger partial charge in [-0.3, -0.25) is 0 Å². The fourth-order valence-electron chi connectivity index (χ4n) is 1.43. The highest BCUT2D eigenvalue weighted by Gasteiger charge is 2.23. The molecule has 1 aliphatic heterocycles. The minimum atomic E-state index is 0.841. The van der Waals surface area contributed by atoms with Crippen molar-refractivity contribution < 1.29 is 0 Å². The Hall–Kier alpha value is -0.0800. The lowest BCUT2D eigenvalue weighted by Gasteiger charge is -2.38. The molecule has 60 valence electrons. The average Bonchev–Trinajstić information content (AvgIpc) is 1.86. The van der Waals surface area contributed by atoms with Crippen LogP contribution in [0.2, 0.25) is 0 Å². The van der Waals surface area contributed by atoms with E-state index in [1.165, 1.54) is 26.1 Å². The molecule has 0 atom stereocenters. The highest BCUT2D eigenvalue weighted by Crippen LogP contribution is 2.17. The van der Waals surface area contributed by atoms with E-state index in [0.717, 1.165) is 18.9 Å². The van der Waals surface area contributed by atoms with Crippen LogP contribution in [0.5, 0.6) is 0 Å². The summed E-state index contributed by atoms with van der Waals surface area (Å²) < 4.78 is 0. The first-order valence-corrected chi connectivity index (χ1v) is 4.29. The summed E-state index contributed by atoms with van der Waals surface area (Å²) in [4.78, 5) is 2.49. The van der Waals surface area contributed by atoms with E-state index in [4.69, 9.17) is 5.73 Å². The molecular weight excluding hydrogens is 124 g/mol. The summed E-state index contributed by atoms with van der Waals surface area (Å²) in [6, 6.07) is 0. The Kier molecular flexibility index (Phi) is 3.16. The Morgan fingerprint density at radius 2 is 2.20 bits per heavy atom. The van der Waals surface area contributed by atoms with Gasteiger partial charge in [0, 0.05) is 13.1 Å². The molecule has 0 aromatic carbocycles. The van der Waals surface area contributed by atoms with Crippen LogP contribution >= 0.6 is 0 Å². The largest absolute Gasteiger partial charge is 0.330 e. The lowest BCUT2D eigenvalue weighted by Crippen LogP contribution is -2.46. The number of nitrogens with zero attached hydrogens (tertiary/aromatic N) is 1. The van der Waals surface area contributed by atoms with E-state index in [2.05, 4.69) is 11.8 Å². The minimum Gasteiger partial charge on any atom is -0.330 e. The van der Waals surface area contributed by atoms with Gasteiger partial charge in [-0.05, 0) is 25.4 Å². The van der Waals surface area contributed by atoms with Crippen LogP contribution in [0.25, 0.3) is 0 Å². The lowest BCUT2D eigenvalue weighted by atomic mass is 9.97. The van der Waals surface area contributed by atoms with E-state index in [-0.39, 0.29) is 0 Å². The van der Waals surface area contributed by atoms with Crippen molar-refractivity contribution in [2.45, 2.75) is 19.8 Å². The van der Waals surface area contributed by atoms with Crippen molar-refractivity contribution in [1.29, 1.82) is 0 Å². The highest BCUT2D eigenvalue weighted by atomic mass is 15.2. The van der Waals surface area contributed by atoms with E-state index >= 15 is 0 Å². The van der Waals surface area contributed by atoms with Gasteiger partial charge in [0.25, 0.3) is 0 Å². The maximum atomic E-state index is 5.40. The number of rotatable bonds is 4. The molecule has 0 aromatic rings. The van der Waals surface area contributed by atoms with E-state index < -0.39 is 0 Å². The van der Waals surface area contributed by atoms with E-state index in [1.807, 2.05) is 0 Å². The smallest absolute Gasteiger partial charge is 0.00219 e. The van der Waals surface area contributed by atoms with Gasteiger partial charge in [0.05, 0.1) is 0 Å². The van der Waals surface area contributed by atoms with Crippen molar-refractivity contribution in [3.8, 4) is 0 Å². The summed E-state index contributed by atoms with van der Waals surface area (Å²) in [7, 11) is 0. The second-order valence-electron chi connectivity index (χ2n) is 3.18. The molecule has 1 saturated heterocycles. The maximum absolute atomic E-state index is 5.40. The molecule has 0 amide bonds. The number of likely N-dealkylation sites (tertiary alicyclic amines) is 1. The van der Waals surface area contributed by atoms with Gasteiger partial charge >= 0.3 is 0 Å². The van der Waals surface area contributed by atoms with Crippen LogP contribution in [0.3, 0.4) is 0 Å². The summed E-state index contributed by atoms with van der Waals surface area (Å²) in [6.45, 7) is 6.96. The summed E-state index contributed by atoms with van der Waals surface area (Å²) in [5.74, 6) is 0.984. The van der Waals surface area contributed by atoms with Crippen LogP contribution in [-0.2, 0) is 0 Å². The Bertz CT molecular complexity index is 84.5. The number of nitrogens with two attached hydrogens (primary N) is 1. The molecule has 0 saturated carbocycles. The Morgan fingerprint density at radius 1 is 1.50 bits per heavy atom. The molecule has 0 aromatic heterocycles. The normalized spacial score (nSPS) is 21.0. The fourth-order valence-corrected chi connectivity index (χ4v) is 1.43. The van der Waals surface area contributed by atoms with Crippen LogP contribution in [-0.4, -0.2) is 31.1 Å². The zero-order chi connectivity index (χ0) is 7.40. The zero-order valence-corrected chi connectivity index (χ0v) is 6.84. The van der Waals surface area contributed by atoms with E-state index in [0.29, 0.717) is 0 Å². The SMILES string of the molecule is CCC1CN(CCCN)C1. The van der Waals surface area contributed by atoms with Gasteiger partial charge in [-0.2, -0.15) is 0 Å². The average molecular weight is 142 g/mol. The van der Waals surface area contributed by atoms with Gasteiger partial charge in [-0.25, -0.2) is 0 Å². The molecule has 0 radical (unpaired) electrons. The first-order chi connectivity index (χ1) is 4.86.